The standard InChI is InChI=1S/C14H15N3O3/c1-9-13(14(19)20)11(8-16-9)17-12(18)6-5-10-4-2-3-7-15-10/h2-4,7-8,16H,5-6H2,1H3,(H,17,18)(H,19,20). The summed E-state index contributed by atoms with van der Waals surface area (Å²) in [5.74, 6) is -1.30. The minimum atomic E-state index is -1.07. The van der Waals surface area contributed by atoms with Crippen molar-refractivity contribution in [3.63, 3.8) is 0 Å². The number of aryl methyl sites for hydroxylation is 2. The molecule has 0 aromatic carbocycles. The lowest BCUT2D eigenvalue weighted by Crippen LogP contribution is -2.14. The molecular formula is C14H15N3O3. The van der Waals surface area contributed by atoms with Gasteiger partial charge in [-0.3, -0.25) is 9.78 Å². The van der Waals surface area contributed by atoms with Crippen LogP contribution in [0, 0.1) is 6.92 Å². The maximum absolute atomic E-state index is 11.8. The molecule has 1 amide bonds. The number of carbonyl (C=O) groups excluding carboxylic acids is 1. The van der Waals surface area contributed by atoms with E-state index < -0.39 is 5.97 Å². The molecule has 0 aliphatic rings. The quantitative estimate of drug-likeness (QED) is 0.776. The average Bonchev–Trinajstić information content (AvgIpc) is 2.78. The van der Waals surface area contributed by atoms with Gasteiger partial charge in [-0.1, -0.05) is 6.07 Å². The number of H-pyrrole nitrogens is 1. The van der Waals surface area contributed by atoms with Gasteiger partial charge in [0.1, 0.15) is 5.56 Å². The second kappa shape index (κ2) is 6.01. The molecule has 0 unspecified atom stereocenters. The number of aromatic carboxylic acids is 1. The molecule has 2 aromatic heterocycles. The first kappa shape index (κ1) is 13.8. The van der Waals surface area contributed by atoms with E-state index in [1.165, 1.54) is 6.20 Å². The van der Waals surface area contributed by atoms with Crippen molar-refractivity contribution in [2.24, 2.45) is 0 Å². The van der Waals surface area contributed by atoms with Crippen molar-refractivity contribution < 1.29 is 14.7 Å². The first-order valence-electron chi connectivity index (χ1n) is 6.19. The maximum Gasteiger partial charge on any atom is 0.339 e. The number of carboxylic acids is 1. The van der Waals surface area contributed by atoms with Crippen LogP contribution in [-0.4, -0.2) is 27.0 Å². The van der Waals surface area contributed by atoms with Crippen LogP contribution in [0.4, 0.5) is 5.69 Å². The summed E-state index contributed by atoms with van der Waals surface area (Å²) in [7, 11) is 0. The molecule has 104 valence electrons. The molecule has 6 heteroatoms. The summed E-state index contributed by atoms with van der Waals surface area (Å²) in [6.45, 7) is 1.65. The Labute approximate surface area is 115 Å². The topological polar surface area (TPSA) is 95.1 Å². The van der Waals surface area contributed by atoms with Gasteiger partial charge in [0, 0.05) is 30.2 Å². The first-order valence-corrected chi connectivity index (χ1v) is 6.19. The Morgan fingerprint density at radius 1 is 1.40 bits per heavy atom. The molecule has 2 heterocycles. The van der Waals surface area contributed by atoms with E-state index in [4.69, 9.17) is 5.11 Å². The van der Waals surface area contributed by atoms with E-state index in [0.29, 0.717) is 17.8 Å². The highest BCUT2D eigenvalue weighted by molar-refractivity contribution is 6.01. The third kappa shape index (κ3) is 3.23. The van der Waals surface area contributed by atoms with Gasteiger partial charge in [0.15, 0.2) is 0 Å². The van der Waals surface area contributed by atoms with Gasteiger partial charge >= 0.3 is 5.97 Å². The zero-order valence-electron chi connectivity index (χ0n) is 11.0. The number of rotatable bonds is 5. The number of carbonyl (C=O) groups is 2. The fourth-order valence-electron chi connectivity index (χ4n) is 1.90. The number of amides is 1. The van der Waals surface area contributed by atoms with Crippen LogP contribution in [0.2, 0.25) is 0 Å². The van der Waals surface area contributed by atoms with Crippen LogP contribution in [0.5, 0.6) is 0 Å². The molecule has 20 heavy (non-hydrogen) atoms. The molecule has 2 rings (SSSR count). The second-order valence-electron chi connectivity index (χ2n) is 4.38. The predicted molar refractivity (Wildman–Crippen MR) is 73.7 cm³/mol. The zero-order valence-corrected chi connectivity index (χ0v) is 11.0. The highest BCUT2D eigenvalue weighted by atomic mass is 16.4. The number of aromatic nitrogens is 2. The van der Waals surface area contributed by atoms with Crippen molar-refractivity contribution in [3.05, 3.63) is 47.5 Å². The summed E-state index contributed by atoms with van der Waals surface area (Å²) < 4.78 is 0. The molecule has 0 fully saturated rings. The van der Waals surface area contributed by atoms with E-state index >= 15 is 0 Å². The third-order valence-electron chi connectivity index (χ3n) is 2.90. The number of anilines is 1. The van der Waals surface area contributed by atoms with Gasteiger partial charge in [0.2, 0.25) is 5.91 Å². The molecule has 0 saturated carbocycles. The summed E-state index contributed by atoms with van der Waals surface area (Å²) >= 11 is 0. The summed E-state index contributed by atoms with van der Waals surface area (Å²) in [6, 6.07) is 5.51. The van der Waals surface area contributed by atoms with Crippen molar-refractivity contribution in [1.29, 1.82) is 0 Å². The highest BCUT2D eigenvalue weighted by Gasteiger charge is 2.16. The van der Waals surface area contributed by atoms with Crippen LogP contribution in [0.3, 0.4) is 0 Å². The van der Waals surface area contributed by atoms with Crippen LogP contribution in [0.25, 0.3) is 0 Å². The Hall–Kier alpha value is -2.63. The number of hydrogen-bond donors (Lipinski definition) is 3. The van der Waals surface area contributed by atoms with Gasteiger partial charge in [0.25, 0.3) is 0 Å². The first-order chi connectivity index (χ1) is 9.58. The second-order valence-corrected chi connectivity index (χ2v) is 4.38. The molecule has 6 nitrogen and oxygen atoms in total. The summed E-state index contributed by atoms with van der Waals surface area (Å²) in [5.41, 5.74) is 1.72. The van der Waals surface area contributed by atoms with Gasteiger partial charge in [0.05, 0.1) is 5.69 Å². The minimum absolute atomic E-state index is 0.0937. The van der Waals surface area contributed by atoms with Crippen molar-refractivity contribution in [1.82, 2.24) is 9.97 Å². The predicted octanol–water partition coefficient (Wildman–Crippen LogP) is 1.99. The minimum Gasteiger partial charge on any atom is -0.478 e. The monoisotopic (exact) mass is 273 g/mol. The number of pyridine rings is 1. The normalized spacial score (nSPS) is 10.2. The van der Waals surface area contributed by atoms with Crippen LogP contribution < -0.4 is 5.32 Å². The molecular weight excluding hydrogens is 258 g/mol. The lowest BCUT2D eigenvalue weighted by molar-refractivity contribution is -0.116. The molecule has 2 aromatic rings. The zero-order chi connectivity index (χ0) is 14.5. The van der Waals surface area contributed by atoms with Crippen LogP contribution in [-0.2, 0) is 11.2 Å². The average molecular weight is 273 g/mol. The SMILES string of the molecule is Cc1[nH]cc(NC(=O)CCc2ccccn2)c1C(=O)O. The van der Waals surface area contributed by atoms with E-state index in [9.17, 15) is 9.59 Å². The van der Waals surface area contributed by atoms with Gasteiger partial charge in [-0.25, -0.2) is 4.79 Å². The number of nitrogens with zero attached hydrogens (tertiary/aromatic N) is 1. The molecule has 0 atom stereocenters. The molecule has 0 aliphatic heterocycles. The Balaban J connectivity index is 1.97. The van der Waals surface area contributed by atoms with E-state index in [-0.39, 0.29) is 17.9 Å². The lowest BCUT2D eigenvalue weighted by atomic mass is 10.2. The number of aromatic amines is 1. The number of nitrogens with one attached hydrogen (secondary N) is 2. The summed E-state index contributed by atoms with van der Waals surface area (Å²) in [5, 5.41) is 11.7. The molecule has 0 spiro atoms. The Kier molecular flexibility index (Phi) is 4.14. The van der Waals surface area contributed by atoms with Crippen molar-refractivity contribution in [3.8, 4) is 0 Å². The Bertz CT molecular complexity index is 620. The molecule has 0 aliphatic carbocycles. The van der Waals surface area contributed by atoms with E-state index in [1.807, 2.05) is 18.2 Å². The molecule has 0 radical (unpaired) electrons. The fourth-order valence-corrected chi connectivity index (χ4v) is 1.90. The van der Waals surface area contributed by atoms with Crippen LogP contribution in [0.15, 0.2) is 30.6 Å². The van der Waals surface area contributed by atoms with Crippen molar-refractivity contribution in [2.45, 2.75) is 19.8 Å². The van der Waals surface area contributed by atoms with Gasteiger partial charge < -0.3 is 15.4 Å². The van der Waals surface area contributed by atoms with Crippen LogP contribution >= 0.6 is 0 Å². The van der Waals surface area contributed by atoms with Gasteiger partial charge in [-0.15, -0.1) is 0 Å². The van der Waals surface area contributed by atoms with E-state index in [1.54, 1.807) is 13.1 Å². The fraction of sp³-hybridized carbons (Fsp3) is 0.214. The van der Waals surface area contributed by atoms with E-state index in [2.05, 4.69) is 15.3 Å². The highest BCUT2D eigenvalue weighted by Crippen LogP contribution is 2.19. The number of carboxylic acid groups (broad SMARTS) is 1. The lowest BCUT2D eigenvalue weighted by Gasteiger charge is -2.04. The summed E-state index contributed by atoms with van der Waals surface area (Å²) in [4.78, 5) is 29.8. The molecule has 0 saturated heterocycles. The third-order valence-corrected chi connectivity index (χ3v) is 2.90. The maximum atomic E-state index is 11.8. The van der Waals surface area contributed by atoms with Gasteiger partial charge in [-0.2, -0.15) is 0 Å². The van der Waals surface area contributed by atoms with Crippen molar-refractivity contribution >= 4 is 17.6 Å². The smallest absolute Gasteiger partial charge is 0.339 e. The Morgan fingerprint density at radius 3 is 2.85 bits per heavy atom. The Morgan fingerprint density at radius 2 is 2.20 bits per heavy atom. The van der Waals surface area contributed by atoms with Crippen LogP contribution in [0.1, 0.15) is 28.2 Å². The number of hydrogen-bond acceptors (Lipinski definition) is 3. The molecule has 3 N–H and O–H groups in total. The van der Waals surface area contributed by atoms with Crippen molar-refractivity contribution in [2.75, 3.05) is 5.32 Å². The van der Waals surface area contributed by atoms with E-state index in [0.717, 1.165) is 5.69 Å². The summed E-state index contributed by atoms with van der Waals surface area (Å²) in [6.07, 6.45) is 3.92. The largest absolute Gasteiger partial charge is 0.478 e. The molecule has 0 bridgehead atoms. The van der Waals surface area contributed by atoms with Gasteiger partial charge in [-0.05, 0) is 25.5 Å².